The predicted octanol–water partition coefficient (Wildman–Crippen LogP) is 10.1. The number of unbranched alkanes of at least 4 members (excludes halogenated alkanes) is 16. The quantitative estimate of drug-likeness (QED) is 0.103. The van der Waals surface area contributed by atoms with Crippen LogP contribution in [0.15, 0.2) is 24.3 Å². The van der Waals surface area contributed by atoms with Gasteiger partial charge in [-0.1, -0.05) is 155 Å². The Bertz CT molecular complexity index is 524. The van der Waals surface area contributed by atoms with Crippen LogP contribution < -0.4 is 0 Å². The van der Waals surface area contributed by atoms with Crippen LogP contribution in [0.5, 0.6) is 0 Å². The molecule has 0 aromatic carbocycles. The molecule has 0 spiro atoms. The van der Waals surface area contributed by atoms with Crippen molar-refractivity contribution in [1.82, 2.24) is 0 Å². The maximum absolute atomic E-state index is 11.1. The largest absolute Gasteiger partial charge is 0.478 e. The van der Waals surface area contributed by atoms with Crippen LogP contribution in [0.2, 0.25) is 0 Å². The highest BCUT2D eigenvalue weighted by molar-refractivity contribution is 5.85. The van der Waals surface area contributed by atoms with E-state index in [2.05, 4.69) is 20.4 Å². The van der Waals surface area contributed by atoms with Crippen molar-refractivity contribution in [3.63, 3.8) is 0 Å². The number of carboxylic acids is 2. The minimum Gasteiger partial charge on any atom is -0.478 e. The van der Waals surface area contributed by atoms with E-state index >= 15 is 0 Å². The van der Waals surface area contributed by atoms with Crippen LogP contribution >= 0.6 is 0 Å². The zero-order valence-electron chi connectivity index (χ0n) is 23.5. The van der Waals surface area contributed by atoms with Crippen LogP contribution in [0.25, 0.3) is 0 Å². The number of carbonyl (C=O) groups is 2. The first kappa shape index (κ1) is 35.6. The molecule has 4 nitrogen and oxygen atoms in total. The van der Waals surface area contributed by atoms with Crippen LogP contribution in [0.4, 0.5) is 0 Å². The van der Waals surface area contributed by atoms with Crippen molar-refractivity contribution < 1.29 is 19.8 Å². The van der Waals surface area contributed by atoms with Crippen molar-refractivity contribution in [1.29, 1.82) is 0 Å². The van der Waals surface area contributed by atoms with Gasteiger partial charge in [-0.25, -0.2) is 9.59 Å². The van der Waals surface area contributed by atoms with E-state index in [0.29, 0.717) is 11.5 Å². The summed E-state index contributed by atoms with van der Waals surface area (Å²) < 4.78 is 0. The van der Waals surface area contributed by atoms with Gasteiger partial charge in [-0.2, -0.15) is 0 Å². The van der Waals surface area contributed by atoms with Gasteiger partial charge in [0, 0.05) is 11.6 Å². The van der Waals surface area contributed by atoms with E-state index in [0.717, 1.165) is 12.5 Å². The van der Waals surface area contributed by atoms with Gasteiger partial charge in [0.05, 0.1) is 0 Å². The van der Waals surface area contributed by atoms with Crippen LogP contribution in [0.3, 0.4) is 0 Å². The van der Waals surface area contributed by atoms with Crippen molar-refractivity contribution in [2.45, 2.75) is 156 Å². The Kier molecular flexibility index (Phi) is 29.1. The molecule has 0 fully saturated rings. The van der Waals surface area contributed by atoms with E-state index in [1.54, 1.807) is 6.92 Å². The van der Waals surface area contributed by atoms with E-state index in [1.807, 2.05) is 6.08 Å². The Hall–Kier alpha value is -1.58. The summed E-state index contributed by atoms with van der Waals surface area (Å²) in [5, 5.41) is 16.7. The lowest BCUT2D eigenvalue weighted by Crippen LogP contribution is -2.02. The summed E-state index contributed by atoms with van der Waals surface area (Å²) in [6.45, 7) is 9.24. The second-order valence-corrected chi connectivity index (χ2v) is 10.1. The Labute approximate surface area is 217 Å². The topological polar surface area (TPSA) is 74.6 Å². The third kappa shape index (κ3) is 30.4. The molecule has 0 aliphatic rings. The van der Waals surface area contributed by atoms with Gasteiger partial charge in [-0.05, 0) is 19.3 Å². The molecule has 0 saturated heterocycles. The van der Waals surface area contributed by atoms with E-state index in [1.165, 1.54) is 128 Å². The van der Waals surface area contributed by atoms with Crippen molar-refractivity contribution in [3.05, 3.63) is 24.3 Å². The van der Waals surface area contributed by atoms with Crippen molar-refractivity contribution >= 4 is 11.9 Å². The molecular weight excluding hydrogens is 436 g/mol. The number of hydrogen-bond acceptors (Lipinski definition) is 2. The fraction of sp³-hybridized carbons (Fsp3) is 0.806. The van der Waals surface area contributed by atoms with Gasteiger partial charge >= 0.3 is 11.9 Å². The molecule has 0 aromatic rings. The van der Waals surface area contributed by atoms with E-state index in [9.17, 15) is 9.59 Å². The lowest BCUT2D eigenvalue weighted by atomic mass is 9.90. The monoisotopic (exact) mass is 494 g/mol. The highest BCUT2D eigenvalue weighted by Crippen LogP contribution is 2.23. The summed E-state index contributed by atoms with van der Waals surface area (Å²) in [5.74, 6) is -1.07. The molecule has 0 rings (SSSR count). The molecule has 0 aliphatic heterocycles. The first-order chi connectivity index (χ1) is 16.9. The molecule has 0 aliphatic carbocycles. The Morgan fingerprint density at radius 3 is 1.26 bits per heavy atom. The molecule has 1 atom stereocenters. The van der Waals surface area contributed by atoms with E-state index < -0.39 is 11.9 Å². The minimum atomic E-state index is -0.981. The second-order valence-electron chi connectivity index (χ2n) is 10.1. The molecule has 1 unspecified atom stereocenters. The van der Waals surface area contributed by atoms with Gasteiger partial charge in [0.2, 0.25) is 0 Å². The fourth-order valence-electron chi connectivity index (χ4n) is 4.30. The lowest BCUT2D eigenvalue weighted by Gasteiger charge is -2.15. The van der Waals surface area contributed by atoms with Gasteiger partial charge in [0.25, 0.3) is 0 Å². The third-order valence-corrected chi connectivity index (χ3v) is 6.70. The van der Waals surface area contributed by atoms with Gasteiger partial charge in [0.15, 0.2) is 0 Å². The summed E-state index contributed by atoms with van der Waals surface area (Å²) in [6.07, 6.45) is 31.1. The molecule has 0 aromatic heterocycles. The Morgan fingerprint density at radius 2 is 0.971 bits per heavy atom. The van der Waals surface area contributed by atoms with E-state index in [-0.39, 0.29) is 0 Å². The first-order valence-electron chi connectivity index (χ1n) is 14.6. The summed E-state index contributed by atoms with van der Waals surface area (Å²) in [4.78, 5) is 20.3. The number of carboxylic acid groups (broad SMARTS) is 2. The lowest BCUT2D eigenvalue weighted by molar-refractivity contribution is -0.133. The number of hydrogen-bond donors (Lipinski definition) is 2. The standard InChI is InChI=1S/C28H54O2.C3H4O2/c1-4-6-8-10-12-14-15-17-19-21-23-27(25-24-26(3)28(29)30)22-20-18-16-13-11-9-7-5-2;1-2-3(4)5/h24,27H,4-23,25H2,1-3H3,(H,29,30);2H,1H2,(H,4,5). The summed E-state index contributed by atoms with van der Waals surface area (Å²) in [6, 6.07) is 0. The Balaban J connectivity index is 0. The van der Waals surface area contributed by atoms with Gasteiger partial charge < -0.3 is 10.2 Å². The smallest absolute Gasteiger partial charge is 0.330 e. The average Bonchev–Trinajstić information content (AvgIpc) is 2.84. The molecular formula is C31H58O4. The van der Waals surface area contributed by atoms with Crippen LogP contribution in [0, 0.1) is 5.92 Å². The highest BCUT2D eigenvalue weighted by Gasteiger charge is 2.09. The maximum Gasteiger partial charge on any atom is 0.330 e. The van der Waals surface area contributed by atoms with Crippen molar-refractivity contribution in [3.8, 4) is 0 Å². The molecule has 206 valence electrons. The van der Waals surface area contributed by atoms with Gasteiger partial charge in [-0.3, -0.25) is 0 Å². The molecule has 0 amide bonds. The van der Waals surface area contributed by atoms with Crippen LogP contribution in [-0.4, -0.2) is 22.2 Å². The highest BCUT2D eigenvalue weighted by atomic mass is 16.4. The molecule has 4 heteroatoms. The molecule has 0 heterocycles. The van der Waals surface area contributed by atoms with Gasteiger partial charge in [0.1, 0.15) is 0 Å². The predicted molar refractivity (Wildman–Crippen MR) is 151 cm³/mol. The second kappa shape index (κ2) is 28.7. The molecule has 2 N–H and O–H groups in total. The Morgan fingerprint density at radius 1 is 0.657 bits per heavy atom. The third-order valence-electron chi connectivity index (χ3n) is 6.70. The normalized spacial score (nSPS) is 12.0. The zero-order valence-corrected chi connectivity index (χ0v) is 23.5. The molecule has 0 saturated carbocycles. The number of allylic oxidation sites excluding steroid dienone is 1. The van der Waals surface area contributed by atoms with E-state index in [4.69, 9.17) is 10.2 Å². The number of rotatable bonds is 24. The van der Waals surface area contributed by atoms with Crippen molar-refractivity contribution in [2.24, 2.45) is 5.92 Å². The molecule has 0 bridgehead atoms. The SMILES string of the molecule is C=CC(=O)O.CCCCCCCCCCCCC(CC=C(C)C(=O)O)CCCCCCCCCC. The first-order valence-corrected chi connectivity index (χ1v) is 14.6. The zero-order chi connectivity index (χ0) is 26.6. The minimum absolute atomic E-state index is 0.513. The summed E-state index contributed by atoms with van der Waals surface area (Å²) in [5.41, 5.74) is 0.513. The summed E-state index contributed by atoms with van der Waals surface area (Å²) in [7, 11) is 0. The van der Waals surface area contributed by atoms with Crippen molar-refractivity contribution in [2.75, 3.05) is 0 Å². The maximum atomic E-state index is 11.1. The number of aliphatic carboxylic acids is 2. The van der Waals surface area contributed by atoms with Crippen LogP contribution in [0.1, 0.15) is 156 Å². The average molecular weight is 495 g/mol. The summed E-state index contributed by atoms with van der Waals surface area (Å²) >= 11 is 0. The van der Waals surface area contributed by atoms with Gasteiger partial charge in [-0.15, -0.1) is 0 Å². The molecule has 0 radical (unpaired) electrons. The molecule has 35 heavy (non-hydrogen) atoms. The fourth-order valence-corrected chi connectivity index (χ4v) is 4.30. The van der Waals surface area contributed by atoms with Crippen LogP contribution in [-0.2, 0) is 9.59 Å².